The van der Waals surface area contributed by atoms with Crippen molar-refractivity contribution >= 4 is 5.78 Å². The van der Waals surface area contributed by atoms with Crippen LogP contribution in [0.3, 0.4) is 0 Å². The summed E-state index contributed by atoms with van der Waals surface area (Å²) < 4.78 is 0. The van der Waals surface area contributed by atoms with Crippen LogP contribution >= 0.6 is 0 Å². The summed E-state index contributed by atoms with van der Waals surface area (Å²) in [7, 11) is 0. The molecule has 0 amide bonds. The molecule has 1 aromatic carbocycles. The molecule has 0 unspecified atom stereocenters. The Balaban J connectivity index is 2.20. The van der Waals surface area contributed by atoms with Crippen LogP contribution in [0.25, 0.3) is 0 Å². The lowest BCUT2D eigenvalue weighted by atomic mass is 9.88. The third-order valence-electron chi connectivity index (χ3n) is 3.88. The Morgan fingerprint density at radius 3 is 2.35 bits per heavy atom. The fourth-order valence-electron chi connectivity index (χ4n) is 2.76. The van der Waals surface area contributed by atoms with E-state index in [1.54, 1.807) is 0 Å². The quantitative estimate of drug-likeness (QED) is 0.541. The molecule has 0 atom stereocenters. The van der Waals surface area contributed by atoms with Crippen LogP contribution in [0.4, 0.5) is 0 Å². The van der Waals surface area contributed by atoms with Gasteiger partial charge in [-0.05, 0) is 38.3 Å². The highest BCUT2D eigenvalue weighted by Crippen LogP contribution is 2.27. The molecule has 17 heavy (non-hydrogen) atoms. The molecule has 0 radical (unpaired) electrons. The first-order valence-electron chi connectivity index (χ1n) is 6.80. The van der Waals surface area contributed by atoms with Crippen LogP contribution in [0.15, 0.2) is 18.2 Å². The van der Waals surface area contributed by atoms with Crippen molar-refractivity contribution in [2.24, 2.45) is 5.92 Å². The smallest absolute Gasteiger partial charge is 0.166 e. The van der Waals surface area contributed by atoms with Gasteiger partial charge in [0.1, 0.15) is 0 Å². The highest BCUT2D eigenvalue weighted by Gasteiger charge is 2.22. The van der Waals surface area contributed by atoms with Crippen LogP contribution < -0.4 is 0 Å². The second-order valence-corrected chi connectivity index (χ2v) is 5.37. The van der Waals surface area contributed by atoms with Gasteiger partial charge in [0, 0.05) is 11.5 Å². The number of hydrogen-bond donors (Lipinski definition) is 0. The number of carbonyl (C=O) groups is 1. The van der Waals surface area contributed by atoms with E-state index >= 15 is 0 Å². The van der Waals surface area contributed by atoms with Gasteiger partial charge in [-0.3, -0.25) is 4.79 Å². The van der Waals surface area contributed by atoms with Crippen molar-refractivity contribution in [3.63, 3.8) is 0 Å². The summed E-state index contributed by atoms with van der Waals surface area (Å²) in [5.74, 6) is 0.658. The van der Waals surface area contributed by atoms with Crippen LogP contribution in [0.1, 0.15) is 60.0 Å². The summed E-state index contributed by atoms with van der Waals surface area (Å²) in [5, 5.41) is 0. The topological polar surface area (TPSA) is 17.1 Å². The van der Waals surface area contributed by atoms with Gasteiger partial charge in [0.2, 0.25) is 0 Å². The molecule has 0 aromatic heterocycles. The number of benzene rings is 1. The predicted molar refractivity (Wildman–Crippen MR) is 71.4 cm³/mol. The number of aryl methyl sites for hydroxylation is 2. The molecule has 0 aliphatic heterocycles. The predicted octanol–water partition coefficient (Wildman–Crippen LogP) is 4.46. The molecule has 1 fully saturated rings. The lowest BCUT2D eigenvalue weighted by Crippen LogP contribution is -2.15. The van der Waals surface area contributed by atoms with E-state index in [4.69, 9.17) is 0 Å². The monoisotopic (exact) mass is 230 g/mol. The first-order chi connectivity index (χ1) is 8.18. The van der Waals surface area contributed by atoms with Crippen molar-refractivity contribution < 1.29 is 4.79 Å². The average Bonchev–Trinajstić information content (AvgIpc) is 2.60. The summed E-state index contributed by atoms with van der Waals surface area (Å²) in [4.78, 5) is 12.5. The zero-order valence-electron chi connectivity index (χ0n) is 11.0. The van der Waals surface area contributed by atoms with Crippen LogP contribution in [0.2, 0.25) is 0 Å². The van der Waals surface area contributed by atoms with E-state index in [1.165, 1.54) is 31.2 Å². The van der Waals surface area contributed by atoms with Crippen LogP contribution in [-0.2, 0) is 0 Å². The van der Waals surface area contributed by atoms with Crippen LogP contribution in [0.5, 0.6) is 0 Å². The second kappa shape index (κ2) is 5.48. The fraction of sp³-hybridized carbons (Fsp3) is 0.562. The van der Waals surface area contributed by atoms with E-state index < -0.39 is 0 Å². The molecule has 0 bridgehead atoms. The van der Waals surface area contributed by atoms with Gasteiger partial charge in [0.15, 0.2) is 5.78 Å². The Morgan fingerprint density at radius 2 is 1.71 bits per heavy atom. The van der Waals surface area contributed by atoms with Gasteiger partial charge in [-0.2, -0.15) is 0 Å². The number of ketones is 1. The molecule has 0 heterocycles. The molecule has 0 spiro atoms. The van der Waals surface area contributed by atoms with E-state index in [0.717, 1.165) is 24.0 Å². The van der Waals surface area contributed by atoms with Gasteiger partial charge in [-0.1, -0.05) is 43.4 Å². The summed E-state index contributed by atoms with van der Waals surface area (Å²) in [6, 6.07) is 6.21. The Hall–Kier alpha value is -1.11. The molecule has 1 nitrogen and oxygen atoms in total. The minimum atomic E-state index is 0.276. The van der Waals surface area contributed by atoms with Crippen molar-refractivity contribution in [2.45, 2.75) is 52.4 Å². The number of Topliss-reactive ketones (excluding diaryl/α,β-unsaturated/α-hetero) is 1. The van der Waals surface area contributed by atoms with Gasteiger partial charge in [0.25, 0.3) is 0 Å². The Bertz CT molecular complexity index is 398. The summed E-state index contributed by atoms with van der Waals surface area (Å²) >= 11 is 0. The maximum Gasteiger partial charge on any atom is 0.166 e. The Morgan fingerprint density at radius 1 is 1.06 bits per heavy atom. The molecule has 1 aromatic rings. The van der Waals surface area contributed by atoms with Crippen molar-refractivity contribution in [1.82, 2.24) is 0 Å². The van der Waals surface area contributed by atoms with Gasteiger partial charge in [0.05, 0.1) is 0 Å². The maximum atomic E-state index is 12.5. The minimum Gasteiger partial charge on any atom is -0.294 e. The molecule has 1 aliphatic rings. The molecular formula is C16H22O. The van der Waals surface area contributed by atoms with E-state index in [-0.39, 0.29) is 5.92 Å². The van der Waals surface area contributed by atoms with Crippen LogP contribution in [0, 0.1) is 19.8 Å². The maximum absolute atomic E-state index is 12.5. The van der Waals surface area contributed by atoms with E-state index in [1.807, 2.05) is 6.92 Å². The standard InChI is InChI=1S/C16H22O/c1-12-9-10-13(2)15(11-12)16(17)14-7-5-3-4-6-8-14/h9-11,14H,3-8H2,1-2H3. The second-order valence-electron chi connectivity index (χ2n) is 5.37. The third kappa shape index (κ3) is 2.96. The Labute approximate surface area is 104 Å². The van der Waals surface area contributed by atoms with Gasteiger partial charge in [-0.25, -0.2) is 0 Å². The highest BCUT2D eigenvalue weighted by molar-refractivity contribution is 5.99. The molecule has 0 saturated heterocycles. The molecule has 1 saturated carbocycles. The van der Waals surface area contributed by atoms with Crippen LogP contribution in [-0.4, -0.2) is 5.78 Å². The van der Waals surface area contributed by atoms with Gasteiger partial charge < -0.3 is 0 Å². The fourth-order valence-corrected chi connectivity index (χ4v) is 2.76. The molecule has 2 rings (SSSR count). The highest BCUT2D eigenvalue weighted by atomic mass is 16.1. The summed E-state index contributed by atoms with van der Waals surface area (Å²) in [5.41, 5.74) is 3.27. The van der Waals surface area contributed by atoms with Gasteiger partial charge in [-0.15, -0.1) is 0 Å². The summed E-state index contributed by atoms with van der Waals surface area (Å²) in [6.45, 7) is 4.10. The number of carbonyl (C=O) groups excluding carboxylic acids is 1. The van der Waals surface area contributed by atoms with Crippen molar-refractivity contribution in [1.29, 1.82) is 0 Å². The first kappa shape index (κ1) is 12.3. The zero-order valence-corrected chi connectivity index (χ0v) is 11.0. The van der Waals surface area contributed by atoms with Crippen molar-refractivity contribution in [3.05, 3.63) is 34.9 Å². The molecular weight excluding hydrogens is 208 g/mol. The third-order valence-corrected chi connectivity index (χ3v) is 3.88. The number of hydrogen-bond acceptors (Lipinski definition) is 1. The largest absolute Gasteiger partial charge is 0.294 e. The van der Waals surface area contributed by atoms with Crippen molar-refractivity contribution in [2.75, 3.05) is 0 Å². The van der Waals surface area contributed by atoms with Crippen molar-refractivity contribution in [3.8, 4) is 0 Å². The Kier molecular flexibility index (Phi) is 3.98. The van der Waals surface area contributed by atoms with E-state index in [2.05, 4.69) is 25.1 Å². The summed E-state index contributed by atoms with van der Waals surface area (Å²) in [6.07, 6.45) is 7.23. The molecule has 1 heteroatoms. The van der Waals surface area contributed by atoms with E-state index in [0.29, 0.717) is 5.78 Å². The lowest BCUT2D eigenvalue weighted by molar-refractivity contribution is 0.0907. The minimum absolute atomic E-state index is 0.276. The normalized spacial score (nSPS) is 17.8. The SMILES string of the molecule is Cc1ccc(C)c(C(=O)C2CCCCCC2)c1. The van der Waals surface area contributed by atoms with Gasteiger partial charge >= 0.3 is 0 Å². The molecule has 1 aliphatic carbocycles. The zero-order chi connectivity index (χ0) is 12.3. The average molecular weight is 230 g/mol. The number of rotatable bonds is 2. The van der Waals surface area contributed by atoms with E-state index in [9.17, 15) is 4.79 Å². The first-order valence-corrected chi connectivity index (χ1v) is 6.80. The molecule has 0 N–H and O–H groups in total. The lowest BCUT2D eigenvalue weighted by Gasteiger charge is -2.14. The molecule has 92 valence electrons.